The molecule has 1 heterocycles. The lowest BCUT2D eigenvalue weighted by molar-refractivity contribution is 0.0696. The third kappa shape index (κ3) is 3.95. The van der Waals surface area contributed by atoms with E-state index in [2.05, 4.69) is 10.6 Å². The minimum atomic E-state index is -1.01. The molecule has 1 aliphatic heterocycles. The molecule has 6 heteroatoms. The number of urea groups is 1. The predicted molar refractivity (Wildman–Crippen MR) is 78.7 cm³/mol. The second-order valence-electron chi connectivity index (χ2n) is 5.29. The number of anilines is 1. The molecule has 2 rings (SSSR count). The van der Waals surface area contributed by atoms with E-state index in [-0.39, 0.29) is 17.7 Å². The molecule has 2 amide bonds. The van der Waals surface area contributed by atoms with Crippen LogP contribution >= 0.6 is 0 Å². The van der Waals surface area contributed by atoms with Crippen molar-refractivity contribution in [1.29, 1.82) is 0 Å². The number of ether oxygens (including phenoxy) is 1. The molecule has 1 aromatic carbocycles. The van der Waals surface area contributed by atoms with Gasteiger partial charge in [0.2, 0.25) is 0 Å². The van der Waals surface area contributed by atoms with Crippen LogP contribution in [0.15, 0.2) is 18.2 Å². The highest BCUT2D eigenvalue weighted by molar-refractivity contribution is 5.94. The number of nitrogens with one attached hydrogen (secondary N) is 2. The number of carboxylic acid groups (broad SMARTS) is 1. The Morgan fingerprint density at radius 3 is 2.81 bits per heavy atom. The van der Waals surface area contributed by atoms with Crippen molar-refractivity contribution in [2.75, 3.05) is 18.5 Å². The van der Waals surface area contributed by atoms with Gasteiger partial charge in [-0.25, -0.2) is 9.59 Å². The number of benzene rings is 1. The number of amides is 2. The fourth-order valence-corrected chi connectivity index (χ4v) is 2.37. The molecule has 2 atom stereocenters. The van der Waals surface area contributed by atoms with Gasteiger partial charge in [0.25, 0.3) is 0 Å². The Labute approximate surface area is 123 Å². The van der Waals surface area contributed by atoms with Crippen molar-refractivity contribution >= 4 is 17.7 Å². The van der Waals surface area contributed by atoms with Crippen LogP contribution in [0.5, 0.6) is 0 Å². The standard InChI is InChI=1S/C15H20N2O4/c1-9-3-4-12(7-13(9)14(18)19)17-15(20)16-8-11-5-6-21-10(11)2/h3-4,7,10-11H,5-6,8H2,1-2H3,(H,18,19)(H2,16,17,20). The van der Waals surface area contributed by atoms with Crippen molar-refractivity contribution in [2.24, 2.45) is 5.92 Å². The van der Waals surface area contributed by atoms with E-state index < -0.39 is 5.97 Å². The van der Waals surface area contributed by atoms with E-state index in [0.29, 0.717) is 23.7 Å². The molecule has 0 aromatic heterocycles. The predicted octanol–water partition coefficient (Wildman–Crippen LogP) is 2.24. The fraction of sp³-hybridized carbons (Fsp3) is 0.467. The number of aromatic carboxylic acids is 1. The summed E-state index contributed by atoms with van der Waals surface area (Å²) < 4.78 is 5.43. The first-order valence-electron chi connectivity index (χ1n) is 6.97. The van der Waals surface area contributed by atoms with E-state index in [1.807, 2.05) is 6.92 Å². The lowest BCUT2D eigenvalue weighted by atomic mass is 10.0. The molecule has 0 bridgehead atoms. The van der Waals surface area contributed by atoms with Crippen molar-refractivity contribution in [2.45, 2.75) is 26.4 Å². The van der Waals surface area contributed by atoms with E-state index in [0.717, 1.165) is 13.0 Å². The number of aryl methyl sites for hydroxylation is 1. The van der Waals surface area contributed by atoms with Crippen LogP contribution < -0.4 is 10.6 Å². The van der Waals surface area contributed by atoms with Crippen molar-refractivity contribution in [1.82, 2.24) is 5.32 Å². The Kier molecular flexibility index (Phi) is 4.80. The lowest BCUT2D eigenvalue weighted by Crippen LogP contribution is -2.35. The topological polar surface area (TPSA) is 87.7 Å². The maximum absolute atomic E-state index is 11.8. The molecule has 1 aromatic rings. The highest BCUT2D eigenvalue weighted by Gasteiger charge is 2.24. The van der Waals surface area contributed by atoms with Crippen LogP contribution in [-0.2, 0) is 4.74 Å². The van der Waals surface area contributed by atoms with Gasteiger partial charge < -0.3 is 20.5 Å². The Balaban J connectivity index is 1.90. The number of carboxylic acids is 1. The summed E-state index contributed by atoms with van der Waals surface area (Å²) in [6.07, 6.45) is 1.10. The third-order valence-electron chi connectivity index (χ3n) is 3.78. The normalized spacial score (nSPS) is 21.0. The molecule has 6 nitrogen and oxygen atoms in total. The van der Waals surface area contributed by atoms with Crippen LogP contribution in [0.2, 0.25) is 0 Å². The highest BCUT2D eigenvalue weighted by Crippen LogP contribution is 2.19. The van der Waals surface area contributed by atoms with Crippen LogP contribution in [0, 0.1) is 12.8 Å². The molecule has 2 unspecified atom stereocenters. The lowest BCUT2D eigenvalue weighted by Gasteiger charge is -2.15. The maximum Gasteiger partial charge on any atom is 0.336 e. The zero-order valence-corrected chi connectivity index (χ0v) is 12.2. The molecule has 1 fully saturated rings. The summed E-state index contributed by atoms with van der Waals surface area (Å²) in [5, 5.41) is 14.5. The Hall–Kier alpha value is -2.08. The SMILES string of the molecule is Cc1ccc(NC(=O)NCC2CCOC2C)cc1C(=O)O. The smallest absolute Gasteiger partial charge is 0.336 e. The van der Waals surface area contributed by atoms with E-state index >= 15 is 0 Å². The molecule has 0 saturated carbocycles. The molecule has 114 valence electrons. The summed E-state index contributed by atoms with van der Waals surface area (Å²) in [7, 11) is 0. The van der Waals surface area contributed by atoms with E-state index in [1.54, 1.807) is 19.1 Å². The number of rotatable bonds is 4. The van der Waals surface area contributed by atoms with Crippen molar-refractivity contribution in [3.63, 3.8) is 0 Å². The van der Waals surface area contributed by atoms with E-state index in [9.17, 15) is 9.59 Å². The summed E-state index contributed by atoms with van der Waals surface area (Å²) in [6.45, 7) is 4.99. The third-order valence-corrected chi connectivity index (χ3v) is 3.78. The molecule has 1 saturated heterocycles. The molecule has 1 aliphatic rings. The maximum atomic E-state index is 11.8. The van der Waals surface area contributed by atoms with Crippen LogP contribution in [0.1, 0.15) is 29.3 Å². The molecular formula is C15H20N2O4. The summed E-state index contributed by atoms with van der Waals surface area (Å²) in [4.78, 5) is 22.9. The van der Waals surface area contributed by atoms with Gasteiger partial charge in [0.15, 0.2) is 0 Å². The number of carbonyl (C=O) groups is 2. The first-order chi connectivity index (χ1) is 9.97. The quantitative estimate of drug-likeness (QED) is 0.794. The van der Waals surface area contributed by atoms with Gasteiger partial charge in [-0.05, 0) is 38.0 Å². The van der Waals surface area contributed by atoms with Crippen LogP contribution in [0.3, 0.4) is 0 Å². The van der Waals surface area contributed by atoms with Crippen LogP contribution in [0.4, 0.5) is 10.5 Å². The zero-order chi connectivity index (χ0) is 15.4. The minimum absolute atomic E-state index is 0.156. The van der Waals surface area contributed by atoms with Gasteiger partial charge in [-0.3, -0.25) is 0 Å². The second-order valence-corrected chi connectivity index (χ2v) is 5.29. The van der Waals surface area contributed by atoms with Gasteiger partial charge in [-0.1, -0.05) is 6.07 Å². The van der Waals surface area contributed by atoms with E-state index in [1.165, 1.54) is 6.07 Å². The summed E-state index contributed by atoms with van der Waals surface area (Å²) in [5.41, 5.74) is 1.31. The molecule has 3 N–H and O–H groups in total. The monoisotopic (exact) mass is 292 g/mol. The molecule has 0 aliphatic carbocycles. The van der Waals surface area contributed by atoms with Crippen LogP contribution in [0.25, 0.3) is 0 Å². The second kappa shape index (κ2) is 6.58. The first-order valence-corrected chi connectivity index (χ1v) is 6.97. The van der Waals surface area contributed by atoms with E-state index in [4.69, 9.17) is 9.84 Å². The highest BCUT2D eigenvalue weighted by atomic mass is 16.5. The van der Waals surface area contributed by atoms with Crippen molar-refractivity contribution in [3.8, 4) is 0 Å². The van der Waals surface area contributed by atoms with Gasteiger partial charge in [0.1, 0.15) is 0 Å². The molecular weight excluding hydrogens is 272 g/mol. The molecule has 21 heavy (non-hydrogen) atoms. The Bertz CT molecular complexity index is 544. The number of carbonyl (C=O) groups excluding carboxylic acids is 1. The van der Waals surface area contributed by atoms with Gasteiger partial charge in [-0.15, -0.1) is 0 Å². The Morgan fingerprint density at radius 2 is 2.19 bits per heavy atom. The number of hydrogen-bond donors (Lipinski definition) is 3. The van der Waals surface area contributed by atoms with Gasteiger partial charge in [-0.2, -0.15) is 0 Å². The largest absolute Gasteiger partial charge is 0.478 e. The zero-order valence-electron chi connectivity index (χ0n) is 12.2. The Morgan fingerprint density at radius 1 is 1.43 bits per heavy atom. The summed E-state index contributed by atoms with van der Waals surface area (Å²) in [5.74, 6) is -0.683. The molecule has 0 radical (unpaired) electrons. The average Bonchev–Trinajstić information content (AvgIpc) is 2.84. The van der Waals surface area contributed by atoms with Crippen LogP contribution in [-0.4, -0.2) is 36.4 Å². The van der Waals surface area contributed by atoms with Crippen molar-refractivity contribution in [3.05, 3.63) is 29.3 Å². The first kappa shape index (κ1) is 15.3. The minimum Gasteiger partial charge on any atom is -0.478 e. The molecule has 0 spiro atoms. The fourth-order valence-electron chi connectivity index (χ4n) is 2.37. The van der Waals surface area contributed by atoms with Gasteiger partial charge in [0.05, 0.1) is 11.7 Å². The van der Waals surface area contributed by atoms with Gasteiger partial charge in [0, 0.05) is 24.8 Å². The summed E-state index contributed by atoms with van der Waals surface area (Å²) in [6, 6.07) is 4.47. The number of hydrogen-bond acceptors (Lipinski definition) is 3. The summed E-state index contributed by atoms with van der Waals surface area (Å²) >= 11 is 0. The van der Waals surface area contributed by atoms with Crippen molar-refractivity contribution < 1.29 is 19.4 Å². The van der Waals surface area contributed by atoms with Gasteiger partial charge >= 0.3 is 12.0 Å². The average molecular weight is 292 g/mol.